The Labute approximate surface area is 148 Å². The van der Waals surface area contributed by atoms with Crippen LogP contribution in [0.1, 0.15) is 18.7 Å². The highest BCUT2D eigenvalue weighted by Crippen LogP contribution is 2.33. The van der Waals surface area contributed by atoms with Crippen LogP contribution in [-0.2, 0) is 4.74 Å². The number of methoxy groups -OCH3 is 1. The van der Waals surface area contributed by atoms with Gasteiger partial charge >= 0.3 is 0 Å². The molecule has 0 radical (unpaired) electrons. The molecule has 1 N–H and O–H groups in total. The molecular weight excluding hydrogens is 320 g/mol. The minimum atomic E-state index is -0.371. The van der Waals surface area contributed by atoms with E-state index in [-0.39, 0.29) is 12.2 Å². The Morgan fingerprint density at radius 3 is 2.76 bits per heavy atom. The molecule has 2 aromatic rings. The topological polar surface area (TPSA) is 61.8 Å². The van der Waals surface area contributed by atoms with Crippen molar-refractivity contribution in [2.24, 2.45) is 0 Å². The van der Waals surface area contributed by atoms with Gasteiger partial charge in [0.1, 0.15) is 6.10 Å². The van der Waals surface area contributed by atoms with Gasteiger partial charge in [-0.1, -0.05) is 18.2 Å². The number of morpholine rings is 1. The van der Waals surface area contributed by atoms with Crippen molar-refractivity contribution in [2.45, 2.75) is 19.1 Å². The van der Waals surface area contributed by atoms with Crippen molar-refractivity contribution in [1.29, 1.82) is 0 Å². The summed E-state index contributed by atoms with van der Waals surface area (Å²) in [6.45, 7) is 4.70. The molecule has 0 saturated carbocycles. The maximum Gasteiger partial charge on any atom is 0.213 e. The van der Waals surface area contributed by atoms with Gasteiger partial charge in [-0.15, -0.1) is 0 Å². The fourth-order valence-electron chi connectivity index (χ4n) is 2.77. The third kappa shape index (κ3) is 4.41. The average Bonchev–Trinajstić information content (AvgIpc) is 2.68. The second-order valence-electron chi connectivity index (χ2n) is 5.64. The summed E-state index contributed by atoms with van der Waals surface area (Å²) in [6, 6.07) is 13.3. The lowest BCUT2D eigenvalue weighted by Crippen LogP contribution is -2.43. The molecule has 1 aliphatic heterocycles. The number of benzene rings is 1. The van der Waals surface area contributed by atoms with Gasteiger partial charge in [-0.25, -0.2) is 4.98 Å². The lowest BCUT2D eigenvalue weighted by Gasteiger charge is -2.31. The number of aromatic nitrogens is 1. The first-order valence-electron chi connectivity index (χ1n) is 8.53. The molecular formula is C19H24N2O4. The molecule has 6 heteroatoms. The number of hydrogen-bond donors (Lipinski definition) is 1. The highest BCUT2D eigenvalue weighted by atomic mass is 16.6. The van der Waals surface area contributed by atoms with Crippen LogP contribution in [0.4, 0.5) is 0 Å². The molecule has 1 aromatic carbocycles. The Hall–Kier alpha value is -2.31. The van der Waals surface area contributed by atoms with E-state index in [9.17, 15) is 0 Å². The van der Waals surface area contributed by atoms with Crippen molar-refractivity contribution in [3.63, 3.8) is 0 Å². The van der Waals surface area contributed by atoms with E-state index < -0.39 is 0 Å². The average molecular weight is 344 g/mol. The molecule has 0 spiro atoms. The van der Waals surface area contributed by atoms with Crippen LogP contribution in [0, 0.1) is 0 Å². The first-order valence-corrected chi connectivity index (χ1v) is 8.53. The fraction of sp³-hybridized carbons (Fsp3) is 0.421. The standard InChI is InChI=1S/C19H24N2O4/c1-3-23-15-8-4-5-9-16(15)25-19(17-13-20-11-12-24-17)14-7-6-10-18(21-14)22-2/h4-10,17,19-20H,3,11-13H2,1-2H3/t17-,19-/m0/s1. The van der Waals surface area contributed by atoms with Gasteiger partial charge in [-0.3, -0.25) is 0 Å². The first kappa shape index (κ1) is 17.5. The highest BCUT2D eigenvalue weighted by molar-refractivity contribution is 5.40. The largest absolute Gasteiger partial charge is 0.490 e. The molecule has 6 nitrogen and oxygen atoms in total. The van der Waals surface area contributed by atoms with Gasteiger partial charge in [0.05, 0.1) is 26.0 Å². The number of ether oxygens (including phenoxy) is 4. The normalized spacial score (nSPS) is 18.4. The van der Waals surface area contributed by atoms with Gasteiger partial charge in [-0.05, 0) is 25.1 Å². The summed E-state index contributed by atoms with van der Waals surface area (Å²) in [5.41, 5.74) is 0.763. The number of para-hydroxylation sites is 2. The zero-order chi connectivity index (χ0) is 17.5. The van der Waals surface area contributed by atoms with Crippen LogP contribution in [0.5, 0.6) is 17.4 Å². The highest BCUT2D eigenvalue weighted by Gasteiger charge is 2.30. The molecule has 0 amide bonds. The van der Waals surface area contributed by atoms with E-state index in [0.29, 0.717) is 37.1 Å². The van der Waals surface area contributed by atoms with E-state index in [1.807, 2.05) is 49.4 Å². The quantitative estimate of drug-likeness (QED) is 0.833. The molecule has 1 aliphatic rings. The predicted octanol–water partition coefficient (Wildman–Crippen LogP) is 2.60. The molecule has 3 rings (SSSR count). The van der Waals surface area contributed by atoms with Gasteiger partial charge in [0.25, 0.3) is 0 Å². The van der Waals surface area contributed by atoms with Crippen molar-refractivity contribution in [1.82, 2.24) is 10.3 Å². The monoisotopic (exact) mass is 344 g/mol. The molecule has 2 heterocycles. The summed E-state index contributed by atoms with van der Waals surface area (Å²) in [7, 11) is 1.60. The van der Waals surface area contributed by atoms with Crippen molar-refractivity contribution in [3.8, 4) is 17.4 Å². The second kappa shape index (κ2) is 8.69. The van der Waals surface area contributed by atoms with Gasteiger partial charge in [0, 0.05) is 19.2 Å². The summed E-state index contributed by atoms with van der Waals surface area (Å²) in [5.74, 6) is 1.93. The maximum atomic E-state index is 6.32. The summed E-state index contributed by atoms with van der Waals surface area (Å²) in [4.78, 5) is 4.54. The number of hydrogen-bond acceptors (Lipinski definition) is 6. The lowest BCUT2D eigenvalue weighted by molar-refractivity contribution is -0.0454. The molecule has 134 valence electrons. The maximum absolute atomic E-state index is 6.32. The minimum absolute atomic E-state index is 0.150. The number of rotatable bonds is 7. The SMILES string of the molecule is CCOc1ccccc1O[C@@H](c1cccc(OC)n1)[C@@H]1CNCCO1. The zero-order valence-corrected chi connectivity index (χ0v) is 14.6. The number of nitrogens with one attached hydrogen (secondary N) is 1. The van der Waals surface area contributed by atoms with Crippen molar-refractivity contribution >= 4 is 0 Å². The van der Waals surface area contributed by atoms with Crippen LogP contribution in [0.25, 0.3) is 0 Å². The van der Waals surface area contributed by atoms with Crippen LogP contribution in [0.2, 0.25) is 0 Å². The Kier molecular flexibility index (Phi) is 6.09. The molecule has 2 atom stereocenters. The summed E-state index contributed by atoms with van der Waals surface area (Å²) in [6.07, 6.45) is -0.521. The van der Waals surface area contributed by atoms with Crippen LogP contribution >= 0.6 is 0 Å². The minimum Gasteiger partial charge on any atom is -0.490 e. The van der Waals surface area contributed by atoms with Crippen molar-refractivity contribution < 1.29 is 18.9 Å². The summed E-state index contributed by atoms with van der Waals surface area (Å²) in [5, 5.41) is 3.34. The van der Waals surface area contributed by atoms with Crippen LogP contribution in [-0.4, -0.2) is 44.5 Å². The fourth-order valence-corrected chi connectivity index (χ4v) is 2.77. The third-order valence-electron chi connectivity index (χ3n) is 3.94. The molecule has 0 aliphatic carbocycles. The molecule has 1 saturated heterocycles. The lowest BCUT2D eigenvalue weighted by atomic mass is 10.1. The zero-order valence-electron chi connectivity index (χ0n) is 14.6. The van der Waals surface area contributed by atoms with Gasteiger partial charge in [0.15, 0.2) is 17.6 Å². The van der Waals surface area contributed by atoms with E-state index in [0.717, 1.165) is 12.2 Å². The second-order valence-corrected chi connectivity index (χ2v) is 5.64. The molecule has 0 unspecified atom stereocenters. The van der Waals surface area contributed by atoms with Gasteiger partial charge in [0.2, 0.25) is 5.88 Å². The van der Waals surface area contributed by atoms with E-state index >= 15 is 0 Å². The Morgan fingerprint density at radius 1 is 1.20 bits per heavy atom. The molecule has 25 heavy (non-hydrogen) atoms. The Balaban J connectivity index is 1.91. The van der Waals surface area contributed by atoms with E-state index in [2.05, 4.69) is 10.3 Å². The van der Waals surface area contributed by atoms with E-state index in [1.165, 1.54) is 0 Å². The first-order chi connectivity index (χ1) is 12.3. The van der Waals surface area contributed by atoms with Gasteiger partial charge < -0.3 is 24.3 Å². The third-order valence-corrected chi connectivity index (χ3v) is 3.94. The predicted molar refractivity (Wildman–Crippen MR) is 94.4 cm³/mol. The summed E-state index contributed by atoms with van der Waals surface area (Å²) < 4.78 is 23.2. The smallest absolute Gasteiger partial charge is 0.213 e. The van der Waals surface area contributed by atoms with Crippen molar-refractivity contribution in [2.75, 3.05) is 33.4 Å². The Morgan fingerprint density at radius 2 is 2.04 bits per heavy atom. The molecule has 1 fully saturated rings. The Bertz CT molecular complexity index is 674. The summed E-state index contributed by atoms with van der Waals surface area (Å²) >= 11 is 0. The molecule has 1 aromatic heterocycles. The van der Waals surface area contributed by atoms with E-state index in [4.69, 9.17) is 18.9 Å². The van der Waals surface area contributed by atoms with Gasteiger partial charge in [-0.2, -0.15) is 0 Å². The van der Waals surface area contributed by atoms with Crippen LogP contribution in [0.3, 0.4) is 0 Å². The van der Waals surface area contributed by atoms with Crippen LogP contribution in [0.15, 0.2) is 42.5 Å². The van der Waals surface area contributed by atoms with E-state index in [1.54, 1.807) is 7.11 Å². The number of nitrogens with zero attached hydrogens (tertiary/aromatic N) is 1. The molecule has 0 bridgehead atoms. The van der Waals surface area contributed by atoms with Crippen molar-refractivity contribution in [3.05, 3.63) is 48.2 Å². The number of pyridine rings is 1. The van der Waals surface area contributed by atoms with Crippen LogP contribution < -0.4 is 19.5 Å².